The molecule has 1 aliphatic heterocycles. The van der Waals surface area contributed by atoms with Gasteiger partial charge in [-0.1, -0.05) is 38.1 Å². The summed E-state index contributed by atoms with van der Waals surface area (Å²) in [7, 11) is 4.88. The number of carbonyl (C=O) groups excluding carboxylic acids is 1. The zero-order valence-electron chi connectivity index (χ0n) is 19.2. The smallest absolute Gasteiger partial charge is 0.232 e. The first kappa shape index (κ1) is 21.8. The molecule has 4 rings (SSSR count). The van der Waals surface area contributed by atoms with Gasteiger partial charge in [0, 0.05) is 5.69 Å². The number of nitrogens with zero attached hydrogens (tertiary/aromatic N) is 1. The van der Waals surface area contributed by atoms with Crippen molar-refractivity contribution in [2.75, 3.05) is 26.2 Å². The van der Waals surface area contributed by atoms with Crippen molar-refractivity contribution in [1.29, 1.82) is 0 Å². The number of benzene rings is 3. The third kappa shape index (κ3) is 3.91. The molecule has 0 spiro atoms. The van der Waals surface area contributed by atoms with Gasteiger partial charge in [0.05, 0.1) is 33.8 Å². The number of rotatable bonds is 6. The molecule has 0 bridgehead atoms. The third-order valence-electron chi connectivity index (χ3n) is 6.08. The number of hydrogen-bond donors (Lipinski definition) is 0. The Morgan fingerprint density at radius 2 is 1.47 bits per heavy atom. The zero-order chi connectivity index (χ0) is 22.8. The van der Waals surface area contributed by atoms with Crippen molar-refractivity contribution in [2.45, 2.75) is 32.2 Å². The van der Waals surface area contributed by atoms with Crippen LogP contribution >= 0.6 is 0 Å². The van der Waals surface area contributed by atoms with E-state index in [0.29, 0.717) is 23.8 Å². The van der Waals surface area contributed by atoms with Crippen LogP contribution < -0.4 is 19.1 Å². The van der Waals surface area contributed by atoms with Crippen LogP contribution in [0.2, 0.25) is 0 Å². The minimum Gasteiger partial charge on any atom is -0.497 e. The second kappa shape index (κ2) is 8.95. The lowest BCUT2D eigenvalue weighted by Crippen LogP contribution is -2.41. The molecule has 3 aromatic carbocycles. The Bertz CT molecular complexity index is 1100. The predicted octanol–water partition coefficient (Wildman–Crippen LogP) is 5.51. The van der Waals surface area contributed by atoms with Crippen molar-refractivity contribution in [2.24, 2.45) is 0 Å². The van der Waals surface area contributed by atoms with E-state index >= 15 is 0 Å². The largest absolute Gasteiger partial charge is 0.497 e. The number of fused-ring (bicyclic) bond motifs is 1. The molecule has 0 aliphatic carbocycles. The molecule has 0 saturated heterocycles. The number of ether oxygens (including phenoxy) is 3. The third-order valence-corrected chi connectivity index (χ3v) is 6.08. The van der Waals surface area contributed by atoms with Crippen molar-refractivity contribution in [3.8, 4) is 17.2 Å². The minimum atomic E-state index is -0.290. The van der Waals surface area contributed by atoms with Crippen molar-refractivity contribution < 1.29 is 19.0 Å². The summed E-state index contributed by atoms with van der Waals surface area (Å²) in [5.74, 6) is 2.52. The van der Waals surface area contributed by atoms with E-state index in [4.69, 9.17) is 14.2 Å². The molecule has 3 aromatic rings. The summed E-state index contributed by atoms with van der Waals surface area (Å²) in [6, 6.07) is 19.8. The second-order valence-corrected chi connectivity index (χ2v) is 8.27. The van der Waals surface area contributed by atoms with Gasteiger partial charge in [0.15, 0.2) is 11.5 Å². The maximum Gasteiger partial charge on any atom is 0.232 e. The van der Waals surface area contributed by atoms with Gasteiger partial charge in [-0.15, -0.1) is 0 Å². The first-order valence-electron chi connectivity index (χ1n) is 10.8. The van der Waals surface area contributed by atoms with E-state index in [1.54, 1.807) is 21.3 Å². The first-order chi connectivity index (χ1) is 15.5. The van der Waals surface area contributed by atoms with Crippen LogP contribution in [0.15, 0.2) is 60.7 Å². The van der Waals surface area contributed by atoms with Crippen LogP contribution in [-0.4, -0.2) is 27.2 Å². The summed E-state index contributed by atoms with van der Waals surface area (Å²) < 4.78 is 16.4. The van der Waals surface area contributed by atoms with Gasteiger partial charge in [0.1, 0.15) is 5.75 Å². The van der Waals surface area contributed by atoms with Crippen LogP contribution in [0, 0.1) is 0 Å². The Labute approximate surface area is 189 Å². The molecule has 0 N–H and O–H groups in total. The highest BCUT2D eigenvalue weighted by atomic mass is 16.5. The van der Waals surface area contributed by atoms with E-state index in [-0.39, 0.29) is 11.9 Å². The molecule has 0 radical (unpaired) electrons. The van der Waals surface area contributed by atoms with Gasteiger partial charge in [-0.2, -0.15) is 0 Å². The molecule has 0 aromatic heterocycles. The van der Waals surface area contributed by atoms with E-state index in [9.17, 15) is 4.79 Å². The number of methoxy groups -OCH3 is 3. The minimum absolute atomic E-state index is 0.0443. The normalized spacial score (nSPS) is 15.5. The molecule has 0 saturated carbocycles. The molecule has 1 amide bonds. The quantitative estimate of drug-likeness (QED) is 0.516. The van der Waals surface area contributed by atoms with Crippen molar-refractivity contribution >= 4 is 11.6 Å². The number of hydrogen-bond acceptors (Lipinski definition) is 4. The van der Waals surface area contributed by atoms with Gasteiger partial charge >= 0.3 is 0 Å². The SMILES string of the molecule is COc1ccc(C2c3cc(OC)c(OC)cc3CC(=O)N2c2ccc(C(C)C)cc2)cc1. The first-order valence-corrected chi connectivity index (χ1v) is 10.8. The van der Waals surface area contributed by atoms with E-state index in [1.807, 2.05) is 53.4 Å². The predicted molar refractivity (Wildman–Crippen MR) is 126 cm³/mol. The molecule has 1 aliphatic rings. The fourth-order valence-corrected chi connectivity index (χ4v) is 4.30. The van der Waals surface area contributed by atoms with Gasteiger partial charge in [0.2, 0.25) is 5.91 Å². The Morgan fingerprint density at radius 1 is 0.844 bits per heavy atom. The van der Waals surface area contributed by atoms with Crippen LogP contribution in [0.4, 0.5) is 5.69 Å². The van der Waals surface area contributed by atoms with Crippen LogP contribution in [0.1, 0.15) is 48.1 Å². The lowest BCUT2D eigenvalue weighted by atomic mass is 9.86. The molecule has 5 nitrogen and oxygen atoms in total. The highest BCUT2D eigenvalue weighted by Gasteiger charge is 2.36. The van der Waals surface area contributed by atoms with Gasteiger partial charge in [-0.05, 0) is 64.6 Å². The van der Waals surface area contributed by atoms with Crippen molar-refractivity contribution in [3.63, 3.8) is 0 Å². The topological polar surface area (TPSA) is 48.0 Å². The Morgan fingerprint density at radius 3 is 2.03 bits per heavy atom. The highest BCUT2D eigenvalue weighted by Crippen LogP contribution is 2.43. The molecule has 32 heavy (non-hydrogen) atoms. The van der Waals surface area contributed by atoms with Gasteiger partial charge in [-0.25, -0.2) is 0 Å². The summed E-state index contributed by atoms with van der Waals surface area (Å²) in [6.45, 7) is 4.33. The van der Waals surface area contributed by atoms with Gasteiger partial charge < -0.3 is 19.1 Å². The highest BCUT2D eigenvalue weighted by molar-refractivity contribution is 5.98. The van der Waals surface area contributed by atoms with E-state index in [1.165, 1.54) is 5.56 Å². The Balaban J connectivity index is 1.89. The van der Waals surface area contributed by atoms with Crippen LogP contribution in [0.5, 0.6) is 17.2 Å². The van der Waals surface area contributed by atoms with E-state index in [0.717, 1.165) is 28.1 Å². The summed E-state index contributed by atoms with van der Waals surface area (Å²) in [4.78, 5) is 15.4. The molecule has 0 fully saturated rings. The maximum absolute atomic E-state index is 13.5. The Hall–Kier alpha value is -3.47. The molecular formula is C27H29NO4. The number of anilines is 1. The molecule has 1 heterocycles. The monoisotopic (exact) mass is 431 g/mol. The molecular weight excluding hydrogens is 402 g/mol. The zero-order valence-corrected chi connectivity index (χ0v) is 19.2. The van der Waals surface area contributed by atoms with Crippen molar-refractivity contribution in [1.82, 2.24) is 0 Å². The fraction of sp³-hybridized carbons (Fsp3) is 0.296. The van der Waals surface area contributed by atoms with Crippen LogP contribution in [0.3, 0.4) is 0 Å². The van der Waals surface area contributed by atoms with Crippen LogP contribution in [-0.2, 0) is 11.2 Å². The number of carbonyl (C=O) groups is 1. The average Bonchev–Trinajstić information content (AvgIpc) is 2.82. The second-order valence-electron chi connectivity index (χ2n) is 8.27. The molecule has 1 atom stereocenters. The molecule has 1 unspecified atom stereocenters. The summed E-state index contributed by atoms with van der Waals surface area (Å²) >= 11 is 0. The average molecular weight is 432 g/mol. The summed E-state index contributed by atoms with van der Waals surface area (Å²) in [6.07, 6.45) is 0.300. The van der Waals surface area contributed by atoms with Gasteiger partial charge in [-0.3, -0.25) is 4.79 Å². The van der Waals surface area contributed by atoms with Crippen LogP contribution in [0.25, 0.3) is 0 Å². The fourth-order valence-electron chi connectivity index (χ4n) is 4.30. The lowest BCUT2D eigenvalue weighted by molar-refractivity contribution is -0.118. The maximum atomic E-state index is 13.5. The van der Waals surface area contributed by atoms with Crippen molar-refractivity contribution in [3.05, 3.63) is 82.9 Å². The van der Waals surface area contributed by atoms with Gasteiger partial charge in [0.25, 0.3) is 0 Å². The standard InChI is InChI=1S/C27H29NO4/c1-17(2)18-6-10-21(11-7-18)28-26(29)15-20-14-24(31-4)25(32-5)16-23(20)27(28)19-8-12-22(30-3)13-9-19/h6-14,16-17,27H,15H2,1-5H3. The Kier molecular flexibility index (Phi) is 6.08. The summed E-state index contributed by atoms with van der Waals surface area (Å²) in [5, 5.41) is 0. The van der Waals surface area contributed by atoms with E-state index < -0.39 is 0 Å². The number of amides is 1. The molecule has 5 heteroatoms. The molecule has 166 valence electrons. The lowest BCUT2D eigenvalue weighted by Gasteiger charge is -2.38. The van der Waals surface area contributed by atoms with E-state index in [2.05, 4.69) is 26.0 Å². The summed E-state index contributed by atoms with van der Waals surface area (Å²) in [5.41, 5.74) is 5.09.